The van der Waals surface area contributed by atoms with Crippen molar-refractivity contribution in [2.75, 3.05) is 17.7 Å². The number of carbonyl (C=O) groups is 2. The van der Waals surface area contributed by atoms with E-state index in [1.807, 2.05) is 36.4 Å². The van der Waals surface area contributed by atoms with Gasteiger partial charge in [0.25, 0.3) is 0 Å². The molecule has 4 aromatic rings. The molecule has 0 spiro atoms. The molecule has 0 radical (unpaired) electrons. The highest BCUT2D eigenvalue weighted by molar-refractivity contribution is 7.99. The van der Waals surface area contributed by atoms with Crippen LogP contribution in [0.1, 0.15) is 17.3 Å². The zero-order chi connectivity index (χ0) is 21.6. The molecule has 1 amide bonds. The van der Waals surface area contributed by atoms with Crippen LogP contribution in [0.15, 0.2) is 71.8 Å². The van der Waals surface area contributed by atoms with Crippen LogP contribution in [-0.4, -0.2) is 44.0 Å². The number of thioether (sulfide) groups is 1. The number of para-hydroxylation sites is 1. The van der Waals surface area contributed by atoms with Crippen LogP contribution in [0.3, 0.4) is 0 Å². The van der Waals surface area contributed by atoms with Gasteiger partial charge in [-0.15, -0.1) is 10.2 Å². The van der Waals surface area contributed by atoms with E-state index in [0.29, 0.717) is 27.7 Å². The number of carbonyl (C=O) groups excluding carboxylic acids is 2. The van der Waals surface area contributed by atoms with E-state index in [1.54, 1.807) is 41.8 Å². The number of esters is 1. The van der Waals surface area contributed by atoms with Gasteiger partial charge in [0.2, 0.25) is 5.91 Å². The minimum absolute atomic E-state index is 0.123. The minimum Gasteiger partial charge on any atom is -0.462 e. The highest BCUT2D eigenvalue weighted by Crippen LogP contribution is 2.21. The molecular formula is C22H19N5O3S. The van der Waals surface area contributed by atoms with Gasteiger partial charge in [0.15, 0.2) is 11.5 Å². The van der Waals surface area contributed by atoms with Gasteiger partial charge < -0.3 is 10.1 Å². The Morgan fingerprint density at radius 1 is 1.00 bits per heavy atom. The van der Waals surface area contributed by atoms with Gasteiger partial charge in [0.1, 0.15) is 5.03 Å². The van der Waals surface area contributed by atoms with Crippen molar-refractivity contribution in [3.8, 4) is 11.4 Å². The first kappa shape index (κ1) is 20.5. The highest BCUT2D eigenvalue weighted by Gasteiger charge is 2.15. The summed E-state index contributed by atoms with van der Waals surface area (Å²) in [6.45, 7) is 2.00. The van der Waals surface area contributed by atoms with Crippen molar-refractivity contribution in [3.63, 3.8) is 0 Å². The van der Waals surface area contributed by atoms with Gasteiger partial charge in [-0.1, -0.05) is 54.2 Å². The third kappa shape index (κ3) is 4.72. The number of benzene rings is 2. The summed E-state index contributed by atoms with van der Waals surface area (Å²) in [6, 6.07) is 20.0. The molecule has 2 aromatic carbocycles. The Bertz CT molecular complexity index is 1230. The summed E-state index contributed by atoms with van der Waals surface area (Å²) < 4.78 is 6.70. The van der Waals surface area contributed by atoms with Crippen LogP contribution in [0.25, 0.3) is 17.0 Å². The average Bonchev–Trinajstić information content (AvgIpc) is 3.22. The molecule has 31 heavy (non-hydrogen) atoms. The third-order valence-electron chi connectivity index (χ3n) is 4.32. The van der Waals surface area contributed by atoms with Crippen LogP contribution in [0.4, 0.5) is 5.69 Å². The van der Waals surface area contributed by atoms with E-state index in [0.717, 1.165) is 5.56 Å². The Hall–Kier alpha value is -3.72. The Morgan fingerprint density at radius 2 is 1.77 bits per heavy atom. The van der Waals surface area contributed by atoms with E-state index >= 15 is 0 Å². The monoisotopic (exact) mass is 433 g/mol. The van der Waals surface area contributed by atoms with Crippen molar-refractivity contribution in [2.24, 2.45) is 0 Å². The van der Waals surface area contributed by atoms with Gasteiger partial charge in [-0.05, 0) is 31.2 Å². The van der Waals surface area contributed by atoms with Gasteiger partial charge in [0, 0.05) is 5.56 Å². The standard InChI is InChI=1S/C22H19N5O3S/c1-2-30-22(29)16-10-6-7-11-17(16)23-19(28)14-31-20-13-12-18-24-25-21(27(18)26-20)15-8-4-3-5-9-15/h3-13H,2,14H2,1H3,(H,23,28). The van der Waals surface area contributed by atoms with E-state index in [4.69, 9.17) is 4.74 Å². The molecule has 0 fully saturated rings. The molecule has 0 saturated carbocycles. The van der Waals surface area contributed by atoms with Crippen LogP contribution in [0, 0.1) is 0 Å². The molecule has 0 aliphatic rings. The number of hydrogen-bond acceptors (Lipinski definition) is 7. The number of hydrogen-bond donors (Lipinski definition) is 1. The van der Waals surface area contributed by atoms with Crippen molar-refractivity contribution in [2.45, 2.75) is 11.9 Å². The van der Waals surface area contributed by atoms with Gasteiger partial charge in [-0.2, -0.15) is 9.61 Å². The summed E-state index contributed by atoms with van der Waals surface area (Å²) in [5, 5.41) is 16.3. The van der Waals surface area contributed by atoms with Crippen molar-refractivity contribution >= 4 is 35.0 Å². The van der Waals surface area contributed by atoms with Gasteiger partial charge in [-0.3, -0.25) is 4.79 Å². The summed E-state index contributed by atoms with van der Waals surface area (Å²) in [6.07, 6.45) is 0. The van der Waals surface area contributed by atoms with Crippen molar-refractivity contribution < 1.29 is 14.3 Å². The lowest BCUT2D eigenvalue weighted by Crippen LogP contribution is -2.17. The summed E-state index contributed by atoms with van der Waals surface area (Å²) in [5.41, 5.74) is 2.26. The average molecular weight is 433 g/mol. The molecule has 0 saturated heterocycles. The van der Waals surface area contributed by atoms with Crippen molar-refractivity contribution in [1.82, 2.24) is 19.8 Å². The smallest absolute Gasteiger partial charge is 0.340 e. The maximum absolute atomic E-state index is 12.5. The number of fused-ring (bicyclic) bond motifs is 1. The van der Waals surface area contributed by atoms with Gasteiger partial charge in [-0.25, -0.2) is 4.79 Å². The first-order valence-corrected chi connectivity index (χ1v) is 10.6. The zero-order valence-electron chi connectivity index (χ0n) is 16.7. The molecule has 1 N–H and O–H groups in total. The van der Waals surface area contributed by atoms with E-state index in [2.05, 4.69) is 20.6 Å². The number of nitrogens with one attached hydrogen (secondary N) is 1. The van der Waals surface area contributed by atoms with E-state index in [1.165, 1.54) is 11.8 Å². The van der Waals surface area contributed by atoms with Crippen LogP contribution >= 0.6 is 11.8 Å². The Morgan fingerprint density at radius 3 is 2.58 bits per heavy atom. The number of rotatable bonds is 7. The number of aromatic nitrogens is 4. The predicted octanol–water partition coefficient (Wildman–Crippen LogP) is 3.70. The second kappa shape index (κ2) is 9.40. The third-order valence-corrected chi connectivity index (χ3v) is 5.24. The molecule has 2 aromatic heterocycles. The molecule has 0 unspecified atom stereocenters. The predicted molar refractivity (Wildman–Crippen MR) is 118 cm³/mol. The summed E-state index contributed by atoms with van der Waals surface area (Å²) >= 11 is 1.28. The van der Waals surface area contributed by atoms with Crippen molar-refractivity contribution in [1.29, 1.82) is 0 Å². The molecule has 4 rings (SSSR count). The van der Waals surface area contributed by atoms with Crippen LogP contribution in [-0.2, 0) is 9.53 Å². The molecule has 0 aliphatic heterocycles. The fourth-order valence-corrected chi connectivity index (χ4v) is 3.58. The summed E-state index contributed by atoms with van der Waals surface area (Å²) in [5.74, 6) is 0.0270. The zero-order valence-corrected chi connectivity index (χ0v) is 17.5. The highest BCUT2D eigenvalue weighted by atomic mass is 32.2. The lowest BCUT2D eigenvalue weighted by molar-refractivity contribution is -0.113. The summed E-state index contributed by atoms with van der Waals surface area (Å²) in [7, 11) is 0. The first-order chi connectivity index (χ1) is 15.2. The van der Waals surface area contributed by atoms with Crippen LogP contribution < -0.4 is 5.32 Å². The molecule has 8 nitrogen and oxygen atoms in total. The molecule has 9 heteroatoms. The fraction of sp³-hybridized carbons (Fsp3) is 0.136. The van der Waals surface area contributed by atoms with Crippen LogP contribution in [0.2, 0.25) is 0 Å². The maximum atomic E-state index is 12.5. The second-order valence-electron chi connectivity index (χ2n) is 6.43. The van der Waals surface area contributed by atoms with Crippen LogP contribution in [0.5, 0.6) is 0 Å². The first-order valence-electron chi connectivity index (χ1n) is 9.62. The summed E-state index contributed by atoms with van der Waals surface area (Å²) in [4.78, 5) is 24.5. The molecule has 0 atom stereocenters. The lowest BCUT2D eigenvalue weighted by Gasteiger charge is -2.10. The number of ether oxygens (including phenoxy) is 1. The maximum Gasteiger partial charge on any atom is 0.340 e. The Kier molecular flexibility index (Phi) is 6.23. The van der Waals surface area contributed by atoms with Crippen molar-refractivity contribution in [3.05, 3.63) is 72.3 Å². The molecule has 2 heterocycles. The quantitative estimate of drug-likeness (QED) is 0.350. The normalized spacial score (nSPS) is 10.7. The second-order valence-corrected chi connectivity index (χ2v) is 7.43. The van der Waals surface area contributed by atoms with E-state index < -0.39 is 5.97 Å². The van der Waals surface area contributed by atoms with Gasteiger partial charge >= 0.3 is 5.97 Å². The molecule has 0 aliphatic carbocycles. The van der Waals surface area contributed by atoms with E-state index in [-0.39, 0.29) is 18.3 Å². The number of anilines is 1. The number of amides is 1. The van der Waals surface area contributed by atoms with Gasteiger partial charge in [0.05, 0.1) is 23.6 Å². The molecular weight excluding hydrogens is 414 g/mol. The topological polar surface area (TPSA) is 98.5 Å². The minimum atomic E-state index is -0.473. The number of nitrogens with zero attached hydrogens (tertiary/aromatic N) is 4. The molecule has 0 bridgehead atoms. The SMILES string of the molecule is CCOC(=O)c1ccccc1NC(=O)CSc1ccc2nnc(-c3ccccc3)n2n1. The van der Waals surface area contributed by atoms with E-state index in [9.17, 15) is 9.59 Å². The largest absolute Gasteiger partial charge is 0.462 e. The Balaban J connectivity index is 1.46. The lowest BCUT2D eigenvalue weighted by atomic mass is 10.2. The molecule has 156 valence electrons. The fourth-order valence-electron chi connectivity index (χ4n) is 2.92. The Labute approximate surface area is 182 Å².